The number of aryl methyl sites for hydroxylation is 1. The van der Waals surface area contributed by atoms with Crippen LogP contribution in [0.2, 0.25) is 5.02 Å². The van der Waals surface area contributed by atoms with Crippen LogP contribution in [0.5, 0.6) is 5.75 Å². The van der Waals surface area contributed by atoms with Gasteiger partial charge in [-0.05, 0) is 44.5 Å². The highest BCUT2D eigenvalue weighted by atomic mass is 35.5. The van der Waals surface area contributed by atoms with Gasteiger partial charge in [0.1, 0.15) is 24.0 Å². The molecular formula is C15H21ClN2O5. The number of rotatable bonds is 7. The van der Waals surface area contributed by atoms with E-state index in [9.17, 15) is 14.7 Å². The van der Waals surface area contributed by atoms with Gasteiger partial charge in [0.15, 0.2) is 0 Å². The second-order valence-electron chi connectivity index (χ2n) is 5.64. The van der Waals surface area contributed by atoms with Gasteiger partial charge in [0.05, 0.1) is 0 Å². The average molecular weight is 345 g/mol. The van der Waals surface area contributed by atoms with Crippen LogP contribution in [-0.4, -0.2) is 47.0 Å². The van der Waals surface area contributed by atoms with Crippen molar-refractivity contribution in [2.45, 2.75) is 32.4 Å². The molecule has 0 bridgehead atoms. The summed E-state index contributed by atoms with van der Waals surface area (Å²) in [5, 5.41) is 24.0. The number of aliphatic hydroxyl groups excluding tert-OH is 1. The van der Waals surface area contributed by atoms with Crippen molar-refractivity contribution < 1.29 is 24.5 Å². The van der Waals surface area contributed by atoms with Gasteiger partial charge in [0.25, 0.3) is 0 Å². The molecule has 0 heterocycles. The fraction of sp³-hybridized carbons (Fsp3) is 0.467. The van der Waals surface area contributed by atoms with Crippen LogP contribution in [0.15, 0.2) is 18.2 Å². The van der Waals surface area contributed by atoms with Gasteiger partial charge < -0.3 is 25.6 Å². The molecule has 1 rings (SSSR count). The minimum absolute atomic E-state index is 0.0241. The van der Waals surface area contributed by atoms with Gasteiger partial charge in [-0.2, -0.15) is 0 Å². The van der Waals surface area contributed by atoms with Gasteiger partial charge in [0, 0.05) is 11.6 Å². The first-order valence-corrected chi connectivity index (χ1v) is 7.36. The Morgan fingerprint density at radius 2 is 2.04 bits per heavy atom. The Balaban J connectivity index is 2.36. The van der Waals surface area contributed by atoms with E-state index in [1.165, 1.54) is 13.8 Å². The SMILES string of the molecule is Cc1cc(OC[C@@H](O)CNC(=O)NC(C)(C)C(=O)O)ccc1Cl. The molecule has 0 aliphatic carbocycles. The third kappa shape index (κ3) is 6.33. The van der Waals surface area contributed by atoms with Crippen LogP contribution in [0, 0.1) is 6.92 Å². The Bertz CT molecular complexity index is 577. The molecule has 0 aromatic heterocycles. The van der Waals surface area contributed by atoms with Crippen molar-refractivity contribution in [3.8, 4) is 5.75 Å². The molecular weight excluding hydrogens is 324 g/mol. The predicted octanol–water partition coefficient (Wildman–Crippen LogP) is 1.55. The quantitative estimate of drug-likeness (QED) is 0.600. The maximum Gasteiger partial charge on any atom is 0.328 e. The molecule has 7 nitrogen and oxygen atoms in total. The van der Waals surface area contributed by atoms with Crippen LogP contribution >= 0.6 is 11.6 Å². The number of benzene rings is 1. The standard InChI is InChI=1S/C15H21ClN2O5/c1-9-6-11(4-5-12(9)16)23-8-10(19)7-17-14(22)18-15(2,3)13(20)21/h4-6,10,19H,7-8H2,1-3H3,(H,20,21)(H2,17,18,22)/t10-/m0/s1. The minimum atomic E-state index is -1.40. The molecule has 0 radical (unpaired) electrons. The topological polar surface area (TPSA) is 108 Å². The number of carboxylic acid groups (broad SMARTS) is 1. The molecule has 0 spiro atoms. The predicted molar refractivity (Wildman–Crippen MR) is 85.9 cm³/mol. The number of nitrogens with one attached hydrogen (secondary N) is 2. The van der Waals surface area contributed by atoms with E-state index in [1.54, 1.807) is 18.2 Å². The third-order valence-corrected chi connectivity index (χ3v) is 3.45. The van der Waals surface area contributed by atoms with Crippen molar-refractivity contribution in [1.82, 2.24) is 10.6 Å². The number of urea groups is 1. The van der Waals surface area contributed by atoms with E-state index in [4.69, 9.17) is 21.4 Å². The van der Waals surface area contributed by atoms with Gasteiger partial charge in [-0.15, -0.1) is 0 Å². The van der Waals surface area contributed by atoms with Crippen LogP contribution in [-0.2, 0) is 4.79 Å². The van der Waals surface area contributed by atoms with E-state index in [0.29, 0.717) is 10.8 Å². The summed E-state index contributed by atoms with van der Waals surface area (Å²) in [5.41, 5.74) is -0.543. The lowest BCUT2D eigenvalue weighted by atomic mass is 10.1. The highest BCUT2D eigenvalue weighted by Crippen LogP contribution is 2.21. The van der Waals surface area contributed by atoms with Crippen LogP contribution in [0.3, 0.4) is 0 Å². The Kier molecular flexibility index (Phi) is 6.65. The summed E-state index contributed by atoms with van der Waals surface area (Å²) >= 11 is 5.90. The van der Waals surface area contributed by atoms with Crippen molar-refractivity contribution >= 4 is 23.6 Å². The minimum Gasteiger partial charge on any atom is -0.491 e. The molecule has 23 heavy (non-hydrogen) atoms. The van der Waals surface area contributed by atoms with Crippen molar-refractivity contribution in [2.24, 2.45) is 0 Å². The third-order valence-electron chi connectivity index (χ3n) is 3.03. The Morgan fingerprint density at radius 1 is 1.39 bits per heavy atom. The molecule has 0 fully saturated rings. The average Bonchev–Trinajstić information content (AvgIpc) is 2.45. The fourth-order valence-corrected chi connectivity index (χ4v) is 1.67. The number of carbonyl (C=O) groups is 2. The van der Waals surface area contributed by atoms with Gasteiger partial charge in [-0.3, -0.25) is 0 Å². The van der Waals surface area contributed by atoms with Gasteiger partial charge in [-0.25, -0.2) is 9.59 Å². The van der Waals surface area contributed by atoms with Crippen molar-refractivity contribution in [3.63, 3.8) is 0 Å². The summed E-state index contributed by atoms with van der Waals surface area (Å²) < 4.78 is 5.40. The normalized spacial score (nSPS) is 12.4. The number of hydrogen-bond acceptors (Lipinski definition) is 4. The maximum absolute atomic E-state index is 11.6. The maximum atomic E-state index is 11.6. The summed E-state index contributed by atoms with van der Waals surface area (Å²) in [6.45, 7) is 4.45. The Labute approximate surface area is 139 Å². The number of ether oxygens (including phenoxy) is 1. The first-order chi connectivity index (χ1) is 10.6. The zero-order valence-electron chi connectivity index (χ0n) is 13.2. The van der Waals surface area contributed by atoms with E-state index in [1.807, 2.05) is 6.92 Å². The molecule has 1 aromatic rings. The van der Waals surface area contributed by atoms with E-state index >= 15 is 0 Å². The van der Waals surface area contributed by atoms with E-state index in [0.717, 1.165) is 5.56 Å². The van der Waals surface area contributed by atoms with Crippen molar-refractivity contribution in [3.05, 3.63) is 28.8 Å². The lowest BCUT2D eigenvalue weighted by molar-refractivity contribution is -0.142. The number of amides is 2. The van der Waals surface area contributed by atoms with Crippen LogP contribution in [0.25, 0.3) is 0 Å². The van der Waals surface area contributed by atoms with E-state index in [-0.39, 0.29) is 13.2 Å². The summed E-state index contributed by atoms with van der Waals surface area (Å²) in [5.74, 6) is -0.600. The lowest BCUT2D eigenvalue weighted by Crippen LogP contribution is -2.54. The van der Waals surface area contributed by atoms with Crippen LogP contribution in [0.1, 0.15) is 19.4 Å². The Hall–Kier alpha value is -1.99. The number of hydrogen-bond donors (Lipinski definition) is 4. The molecule has 0 unspecified atom stereocenters. The highest BCUT2D eigenvalue weighted by Gasteiger charge is 2.28. The van der Waals surface area contributed by atoms with Gasteiger partial charge in [-0.1, -0.05) is 11.6 Å². The Morgan fingerprint density at radius 3 is 2.61 bits per heavy atom. The first-order valence-electron chi connectivity index (χ1n) is 6.98. The number of aliphatic hydroxyl groups is 1. The number of aliphatic carboxylic acids is 1. The molecule has 128 valence electrons. The van der Waals surface area contributed by atoms with E-state index in [2.05, 4.69) is 10.6 Å². The van der Waals surface area contributed by atoms with E-state index < -0.39 is 23.6 Å². The number of carboxylic acids is 1. The molecule has 8 heteroatoms. The zero-order chi connectivity index (χ0) is 17.6. The highest BCUT2D eigenvalue weighted by molar-refractivity contribution is 6.31. The molecule has 0 saturated heterocycles. The summed E-state index contributed by atoms with van der Waals surface area (Å²) in [6.07, 6.45) is -0.940. The molecule has 0 aliphatic rings. The van der Waals surface area contributed by atoms with Gasteiger partial charge in [0.2, 0.25) is 0 Å². The zero-order valence-corrected chi connectivity index (χ0v) is 14.0. The summed E-state index contributed by atoms with van der Waals surface area (Å²) in [4.78, 5) is 22.5. The molecule has 4 N–H and O–H groups in total. The summed E-state index contributed by atoms with van der Waals surface area (Å²) in [6, 6.07) is 4.43. The van der Waals surface area contributed by atoms with Crippen molar-refractivity contribution in [2.75, 3.05) is 13.2 Å². The van der Waals surface area contributed by atoms with Crippen LogP contribution < -0.4 is 15.4 Å². The largest absolute Gasteiger partial charge is 0.491 e. The van der Waals surface area contributed by atoms with Crippen LogP contribution in [0.4, 0.5) is 4.79 Å². The molecule has 2 amide bonds. The number of carbonyl (C=O) groups excluding carboxylic acids is 1. The molecule has 0 saturated carbocycles. The molecule has 1 atom stereocenters. The molecule has 1 aromatic carbocycles. The fourth-order valence-electron chi connectivity index (χ4n) is 1.55. The smallest absolute Gasteiger partial charge is 0.328 e. The van der Waals surface area contributed by atoms with Gasteiger partial charge >= 0.3 is 12.0 Å². The first kappa shape index (κ1) is 19.1. The van der Waals surface area contributed by atoms with Crippen molar-refractivity contribution in [1.29, 1.82) is 0 Å². The monoisotopic (exact) mass is 344 g/mol. The molecule has 0 aliphatic heterocycles. The second kappa shape index (κ2) is 8.03. The number of halogens is 1. The lowest BCUT2D eigenvalue weighted by Gasteiger charge is -2.22. The second-order valence-corrected chi connectivity index (χ2v) is 6.05. The summed E-state index contributed by atoms with van der Waals surface area (Å²) in [7, 11) is 0.